The topological polar surface area (TPSA) is 96.4 Å². The number of nitrogens with one attached hydrogen (secondary N) is 1. The molecule has 1 N–H and O–H groups in total. The first-order valence-electron chi connectivity index (χ1n) is 11.1. The highest BCUT2D eigenvalue weighted by Gasteiger charge is 2.20. The van der Waals surface area contributed by atoms with Gasteiger partial charge in [-0.15, -0.1) is 0 Å². The molecule has 0 saturated carbocycles. The van der Waals surface area contributed by atoms with Crippen molar-refractivity contribution in [1.29, 1.82) is 0 Å². The Balaban J connectivity index is 1.43. The third kappa shape index (κ3) is 4.90. The lowest BCUT2D eigenvalue weighted by molar-refractivity contribution is 0.102. The molecule has 1 fully saturated rings. The van der Waals surface area contributed by atoms with Crippen LogP contribution in [0.15, 0.2) is 36.7 Å². The van der Waals surface area contributed by atoms with Gasteiger partial charge in [0.2, 0.25) is 0 Å². The van der Waals surface area contributed by atoms with Crippen LogP contribution in [-0.4, -0.2) is 71.1 Å². The van der Waals surface area contributed by atoms with Gasteiger partial charge < -0.3 is 14.5 Å². The molecular weight excluding hydrogens is 486 g/mol. The second kappa shape index (κ2) is 9.73. The zero-order chi connectivity index (χ0) is 24.5. The fourth-order valence-electron chi connectivity index (χ4n) is 3.99. The zero-order valence-corrected chi connectivity index (χ0v) is 21.2. The maximum atomic E-state index is 13.3. The first-order valence-corrected chi connectivity index (χ1v) is 12.3. The minimum Gasteiger partial charge on any atom is -0.494 e. The molecule has 1 aliphatic rings. The molecule has 1 amide bonds. The van der Waals surface area contributed by atoms with E-state index >= 15 is 0 Å². The first kappa shape index (κ1) is 23.4. The van der Waals surface area contributed by atoms with Crippen molar-refractivity contribution in [2.24, 2.45) is 0 Å². The Kier molecular flexibility index (Phi) is 6.50. The van der Waals surface area contributed by atoms with Gasteiger partial charge in [0.1, 0.15) is 27.1 Å². The average molecular weight is 510 g/mol. The summed E-state index contributed by atoms with van der Waals surface area (Å²) < 4.78 is 5.46. The van der Waals surface area contributed by atoms with Gasteiger partial charge in [-0.2, -0.15) is 0 Å². The highest BCUT2D eigenvalue weighted by atomic mass is 35.5. The number of aryl methyl sites for hydroxylation is 1. The number of methoxy groups -OCH3 is 1. The summed E-state index contributed by atoms with van der Waals surface area (Å²) in [5.41, 5.74) is 3.18. The molecule has 4 aromatic rings. The lowest BCUT2D eigenvalue weighted by Gasteiger charge is -2.33. The number of nitrogens with zero attached hydrogens (tertiary/aromatic N) is 6. The van der Waals surface area contributed by atoms with Crippen LogP contribution in [0.3, 0.4) is 0 Å². The number of pyridine rings is 3. The van der Waals surface area contributed by atoms with Gasteiger partial charge in [0.15, 0.2) is 5.13 Å². The maximum Gasteiger partial charge on any atom is 0.259 e. The number of fused-ring (bicyclic) bond motifs is 1. The largest absolute Gasteiger partial charge is 0.494 e. The van der Waals surface area contributed by atoms with Gasteiger partial charge in [-0.3, -0.25) is 15.1 Å². The summed E-state index contributed by atoms with van der Waals surface area (Å²) >= 11 is 7.49. The Labute approximate surface area is 211 Å². The molecule has 0 bridgehead atoms. The molecule has 35 heavy (non-hydrogen) atoms. The molecule has 9 nitrogen and oxygen atoms in total. The number of rotatable bonds is 5. The SMILES string of the molecule is COc1cnc(Cl)cc1-c1cc(C)ncc1C(=O)Nc1nc2ccc(N3CCN(C)CC3)nc2s1. The molecule has 0 radical (unpaired) electrons. The Bertz CT molecular complexity index is 1400. The van der Waals surface area contributed by atoms with Gasteiger partial charge in [0.05, 0.1) is 18.9 Å². The number of amides is 1. The average Bonchev–Trinajstić information content (AvgIpc) is 3.25. The monoisotopic (exact) mass is 509 g/mol. The van der Waals surface area contributed by atoms with E-state index in [0.717, 1.165) is 48.0 Å². The fraction of sp³-hybridized carbons (Fsp3) is 0.292. The third-order valence-electron chi connectivity index (χ3n) is 5.92. The number of halogens is 1. The number of aromatic nitrogens is 4. The second-order valence-electron chi connectivity index (χ2n) is 8.34. The summed E-state index contributed by atoms with van der Waals surface area (Å²) in [5.74, 6) is 1.11. The molecule has 11 heteroatoms. The van der Waals surface area contributed by atoms with Crippen molar-refractivity contribution in [1.82, 2.24) is 24.8 Å². The van der Waals surface area contributed by atoms with Crippen LogP contribution in [0.2, 0.25) is 5.15 Å². The number of carbonyl (C=O) groups excluding carboxylic acids is 1. The third-order valence-corrected chi connectivity index (χ3v) is 7.01. The van der Waals surface area contributed by atoms with Crippen molar-refractivity contribution in [2.45, 2.75) is 6.92 Å². The molecule has 5 rings (SSSR count). The van der Waals surface area contributed by atoms with Gasteiger partial charge in [0.25, 0.3) is 5.91 Å². The molecule has 4 aromatic heterocycles. The summed E-state index contributed by atoms with van der Waals surface area (Å²) in [4.78, 5) is 36.4. The van der Waals surface area contributed by atoms with Crippen LogP contribution >= 0.6 is 22.9 Å². The van der Waals surface area contributed by atoms with E-state index in [-0.39, 0.29) is 5.91 Å². The van der Waals surface area contributed by atoms with E-state index < -0.39 is 0 Å². The molecule has 1 aliphatic heterocycles. The molecule has 0 atom stereocenters. The van der Waals surface area contributed by atoms with Crippen LogP contribution in [0.5, 0.6) is 5.75 Å². The van der Waals surface area contributed by atoms with Gasteiger partial charge in [-0.25, -0.2) is 15.0 Å². The van der Waals surface area contributed by atoms with Crippen LogP contribution in [0, 0.1) is 6.92 Å². The van der Waals surface area contributed by atoms with Crippen molar-refractivity contribution in [2.75, 3.05) is 50.6 Å². The van der Waals surface area contributed by atoms with E-state index in [2.05, 4.69) is 37.1 Å². The van der Waals surface area contributed by atoms with Gasteiger partial charge in [-0.1, -0.05) is 22.9 Å². The van der Waals surface area contributed by atoms with Gasteiger partial charge in [0, 0.05) is 49.2 Å². The Morgan fingerprint density at radius 3 is 2.66 bits per heavy atom. The summed E-state index contributed by atoms with van der Waals surface area (Å²) in [5, 5.41) is 3.69. The summed E-state index contributed by atoms with van der Waals surface area (Å²) in [6, 6.07) is 7.43. The number of hydrogen-bond donors (Lipinski definition) is 1. The van der Waals surface area contributed by atoms with Crippen molar-refractivity contribution in [3.8, 4) is 16.9 Å². The number of carbonyl (C=O) groups is 1. The van der Waals surface area contributed by atoms with Gasteiger partial charge >= 0.3 is 0 Å². The molecule has 0 aromatic carbocycles. The van der Waals surface area contributed by atoms with E-state index in [0.29, 0.717) is 32.7 Å². The van der Waals surface area contributed by atoms with Gasteiger partial charge in [-0.05, 0) is 38.2 Å². The normalized spacial score (nSPS) is 14.3. The molecule has 0 aliphatic carbocycles. The first-order chi connectivity index (χ1) is 16.9. The standard InChI is InChI=1S/C24H24ClN7O2S/c1-14-10-15(16-11-20(25)27-13-19(16)34-3)17(12-26-14)22(33)30-24-28-18-4-5-21(29-23(18)35-24)32-8-6-31(2)7-9-32/h4-5,10-13H,6-9H2,1-3H3,(H,28,30,33). The summed E-state index contributed by atoms with van der Waals surface area (Å²) in [6.45, 7) is 5.73. The number of thiazole rings is 1. The Morgan fingerprint density at radius 1 is 1.09 bits per heavy atom. The number of piperazine rings is 1. The van der Waals surface area contributed by atoms with Crippen LogP contribution in [0.25, 0.3) is 21.5 Å². The molecular formula is C24H24ClN7O2S. The number of hydrogen-bond acceptors (Lipinski definition) is 9. The zero-order valence-electron chi connectivity index (χ0n) is 19.6. The van der Waals surface area contributed by atoms with Crippen molar-refractivity contribution in [3.63, 3.8) is 0 Å². The van der Waals surface area contributed by atoms with Crippen LogP contribution in [-0.2, 0) is 0 Å². The maximum absolute atomic E-state index is 13.3. The Hall–Kier alpha value is -3.34. The lowest BCUT2D eigenvalue weighted by atomic mass is 10.0. The molecule has 0 spiro atoms. The smallest absolute Gasteiger partial charge is 0.259 e. The van der Waals surface area contributed by atoms with E-state index in [1.807, 2.05) is 25.1 Å². The Morgan fingerprint density at radius 2 is 1.89 bits per heavy atom. The van der Waals surface area contributed by atoms with Crippen molar-refractivity contribution in [3.05, 3.63) is 53.1 Å². The molecule has 180 valence electrons. The highest BCUT2D eigenvalue weighted by molar-refractivity contribution is 7.22. The van der Waals surface area contributed by atoms with Crippen LogP contribution in [0.4, 0.5) is 10.9 Å². The quantitative estimate of drug-likeness (QED) is 0.401. The minimum absolute atomic E-state index is 0.301. The second-order valence-corrected chi connectivity index (χ2v) is 9.70. The number of likely N-dealkylation sites (N-methyl/N-ethyl adjacent to an activating group) is 1. The van der Waals surface area contributed by atoms with E-state index in [4.69, 9.17) is 21.3 Å². The van der Waals surface area contributed by atoms with Crippen molar-refractivity contribution < 1.29 is 9.53 Å². The number of ether oxygens (including phenoxy) is 1. The van der Waals surface area contributed by atoms with Crippen LogP contribution < -0.4 is 15.0 Å². The summed E-state index contributed by atoms with van der Waals surface area (Å²) in [6.07, 6.45) is 3.08. The van der Waals surface area contributed by atoms with E-state index in [1.165, 1.54) is 17.5 Å². The minimum atomic E-state index is -0.333. The predicted octanol–water partition coefficient (Wildman–Crippen LogP) is 4.12. The predicted molar refractivity (Wildman–Crippen MR) is 139 cm³/mol. The fourth-order valence-corrected chi connectivity index (χ4v) is 4.98. The molecule has 5 heterocycles. The summed E-state index contributed by atoms with van der Waals surface area (Å²) in [7, 11) is 3.67. The van der Waals surface area contributed by atoms with E-state index in [9.17, 15) is 4.79 Å². The van der Waals surface area contributed by atoms with Crippen LogP contribution in [0.1, 0.15) is 16.1 Å². The number of anilines is 2. The lowest BCUT2D eigenvalue weighted by Crippen LogP contribution is -2.44. The molecule has 1 saturated heterocycles. The van der Waals surface area contributed by atoms with Crippen molar-refractivity contribution >= 4 is 50.1 Å². The van der Waals surface area contributed by atoms with E-state index in [1.54, 1.807) is 19.4 Å². The highest BCUT2D eigenvalue weighted by Crippen LogP contribution is 2.34. The molecule has 0 unspecified atom stereocenters.